The van der Waals surface area contributed by atoms with Crippen molar-refractivity contribution in [3.8, 4) is 0 Å². The van der Waals surface area contributed by atoms with Crippen LogP contribution in [-0.2, 0) is 15.0 Å². The fourth-order valence-electron chi connectivity index (χ4n) is 4.58. The molecular formula is C26H22FN3O2SSe. The van der Waals surface area contributed by atoms with Crippen LogP contribution in [0.1, 0.15) is 29.4 Å². The van der Waals surface area contributed by atoms with Crippen LogP contribution in [0.3, 0.4) is 0 Å². The summed E-state index contributed by atoms with van der Waals surface area (Å²) in [4.78, 5) is 30.2. The second-order valence-corrected chi connectivity index (χ2v) is 11.5. The number of hydrogen-bond acceptors (Lipinski definition) is 4. The zero-order valence-electron chi connectivity index (χ0n) is 19.1. The second kappa shape index (κ2) is 8.01. The van der Waals surface area contributed by atoms with Gasteiger partial charge in [-0.25, -0.2) is 0 Å². The summed E-state index contributed by atoms with van der Waals surface area (Å²) in [5.74, 6) is -1.10. The molecule has 5 nitrogen and oxygen atoms in total. The van der Waals surface area contributed by atoms with Crippen LogP contribution in [0.15, 0.2) is 60.2 Å². The first-order chi connectivity index (χ1) is 16.1. The van der Waals surface area contributed by atoms with Gasteiger partial charge in [-0.2, -0.15) is 0 Å². The summed E-state index contributed by atoms with van der Waals surface area (Å²) < 4.78 is 16.3. The van der Waals surface area contributed by atoms with Crippen molar-refractivity contribution >= 4 is 65.7 Å². The fraction of sp³-hybridized carbons (Fsp3) is 0.192. The van der Waals surface area contributed by atoms with Crippen molar-refractivity contribution in [2.75, 3.05) is 19.0 Å². The number of nitrogens with zero attached hydrogens (tertiary/aromatic N) is 3. The van der Waals surface area contributed by atoms with E-state index in [0.717, 1.165) is 31.5 Å². The van der Waals surface area contributed by atoms with E-state index in [1.54, 1.807) is 26.2 Å². The number of fused-ring (bicyclic) bond motifs is 2. The molecule has 0 atom stereocenters. The molecular weight excluding hydrogens is 516 g/mol. The molecule has 0 spiro atoms. The molecule has 2 aliphatic rings. The molecule has 5 rings (SSSR count). The number of halogens is 1. The molecule has 1 aromatic heterocycles. The van der Waals surface area contributed by atoms with E-state index < -0.39 is 11.8 Å². The van der Waals surface area contributed by atoms with E-state index in [9.17, 15) is 14.0 Å². The molecule has 34 heavy (non-hydrogen) atoms. The van der Waals surface area contributed by atoms with E-state index in [1.807, 2.05) is 30.3 Å². The third-order valence-electron chi connectivity index (χ3n) is 6.46. The molecule has 2 aromatic carbocycles. The topological polar surface area (TPSA) is 43.9 Å². The average Bonchev–Trinajstić information content (AvgIpc) is 3.27. The molecule has 0 unspecified atom stereocenters. The van der Waals surface area contributed by atoms with Gasteiger partial charge in [0.25, 0.3) is 0 Å². The van der Waals surface area contributed by atoms with E-state index in [-0.39, 0.29) is 36.4 Å². The van der Waals surface area contributed by atoms with Crippen LogP contribution >= 0.6 is 12.2 Å². The van der Waals surface area contributed by atoms with Gasteiger partial charge in [-0.1, -0.05) is 0 Å². The van der Waals surface area contributed by atoms with Crippen LogP contribution in [-0.4, -0.2) is 55.3 Å². The Morgan fingerprint density at radius 3 is 2.26 bits per heavy atom. The van der Waals surface area contributed by atoms with Gasteiger partial charge in [0.2, 0.25) is 0 Å². The summed E-state index contributed by atoms with van der Waals surface area (Å²) >= 11 is 4.97. The summed E-state index contributed by atoms with van der Waals surface area (Å²) in [5, 5.41) is 0.183. The first kappa shape index (κ1) is 22.7. The molecule has 172 valence electrons. The van der Waals surface area contributed by atoms with Gasteiger partial charge in [0.1, 0.15) is 0 Å². The molecule has 0 aliphatic carbocycles. The third kappa shape index (κ3) is 3.36. The van der Waals surface area contributed by atoms with Gasteiger partial charge in [0.05, 0.1) is 0 Å². The maximum absolute atomic E-state index is 14.4. The monoisotopic (exact) mass is 539 g/mol. The van der Waals surface area contributed by atoms with Gasteiger partial charge >= 0.3 is 209 Å². The number of carbonyl (C=O) groups is 2. The van der Waals surface area contributed by atoms with Gasteiger partial charge < -0.3 is 0 Å². The molecule has 3 aromatic rings. The van der Waals surface area contributed by atoms with Gasteiger partial charge in [0, 0.05) is 0 Å². The Morgan fingerprint density at radius 2 is 1.56 bits per heavy atom. The molecule has 2 amide bonds. The predicted octanol–water partition coefficient (Wildman–Crippen LogP) is 4.59. The normalized spacial score (nSPS) is 17.1. The number of benzene rings is 2. The minimum absolute atomic E-state index is 0.0907. The molecule has 0 N–H and O–H groups in total. The van der Waals surface area contributed by atoms with E-state index >= 15 is 0 Å². The Kier molecular flexibility index (Phi) is 5.35. The summed E-state index contributed by atoms with van der Waals surface area (Å²) in [6.45, 7) is 4.31. The molecule has 0 saturated carbocycles. The van der Waals surface area contributed by atoms with E-state index in [1.165, 1.54) is 15.9 Å². The Morgan fingerprint density at radius 1 is 0.912 bits per heavy atom. The number of hydrogen-bond donors (Lipinski definition) is 0. The van der Waals surface area contributed by atoms with E-state index in [2.05, 4.69) is 30.9 Å². The van der Waals surface area contributed by atoms with Crippen molar-refractivity contribution in [3.05, 3.63) is 81.6 Å². The van der Waals surface area contributed by atoms with Crippen molar-refractivity contribution < 1.29 is 14.0 Å². The summed E-state index contributed by atoms with van der Waals surface area (Å²) in [6.07, 6.45) is 1.66. The van der Waals surface area contributed by atoms with Gasteiger partial charge in [0.15, 0.2) is 0 Å². The Labute approximate surface area is 208 Å². The van der Waals surface area contributed by atoms with Crippen LogP contribution in [0.25, 0.3) is 6.08 Å². The van der Waals surface area contributed by atoms with Crippen LogP contribution in [0.2, 0.25) is 0 Å². The third-order valence-corrected chi connectivity index (χ3v) is 9.14. The molecule has 2 aliphatic heterocycles. The van der Waals surface area contributed by atoms with Gasteiger partial charge in [-0.3, -0.25) is 0 Å². The molecule has 0 bridgehead atoms. The number of thiocarbonyl (C=S) groups is 1. The average molecular weight is 539 g/mol. The number of amides is 2. The van der Waals surface area contributed by atoms with Crippen molar-refractivity contribution in [1.29, 1.82) is 0 Å². The summed E-state index contributed by atoms with van der Waals surface area (Å²) in [7, 11) is 3.13. The first-order valence-corrected chi connectivity index (χ1v) is 12.8. The minimum atomic E-state index is -0.407. The number of para-hydroxylation sites is 1. The van der Waals surface area contributed by atoms with Crippen LogP contribution in [0, 0.1) is 5.82 Å². The first-order valence-electron chi connectivity index (χ1n) is 10.7. The Hall–Kier alpha value is -3.06. The zero-order valence-corrected chi connectivity index (χ0v) is 21.7. The number of rotatable bonds is 2. The molecule has 1 fully saturated rings. The number of anilines is 3. The fourth-order valence-corrected chi connectivity index (χ4v) is 6.80. The van der Waals surface area contributed by atoms with Crippen molar-refractivity contribution in [3.63, 3.8) is 0 Å². The summed E-state index contributed by atoms with van der Waals surface area (Å²) in [6, 6.07) is 17.0. The van der Waals surface area contributed by atoms with Crippen LogP contribution in [0.4, 0.5) is 20.3 Å². The van der Waals surface area contributed by atoms with E-state index in [4.69, 9.17) is 12.2 Å². The van der Waals surface area contributed by atoms with Crippen molar-refractivity contribution in [2.24, 2.45) is 0 Å². The zero-order chi connectivity index (χ0) is 24.4. The van der Waals surface area contributed by atoms with Gasteiger partial charge in [-0.15, -0.1) is 0 Å². The molecule has 3 heterocycles. The van der Waals surface area contributed by atoms with Crippen molar-refractivity contribution in [1.82, 2.24) is 9.80 Å². The van der Waals surface area contributed by atoms with Crippen molar-refractivity contribution in [2.45, 2.75) is 19.3 Å². The predicted molar refractivity (Wildman–Crippen MR) is 136 cm³/mol. The maximum atomic E-state index is 14.4. The summed E-state index contributed by atoms with van der Waals surface area (Å²) in [5.41, 5.74) is 3.84. The van der Waals surface area contributed by atoms with Crippen LogP contribution in [0.5, 0.6) is 0 Å². The van der Waals surface area contributed by atoms with Gasteiger partial charge in [-0.05, 0) is 0 Å². The standard InChI is InChI=1S/C26H22FN3O2SSe/c1-26(2)18-7-5-6-8-20(18)30(21-13-15(27)9-11-19(21)26)22-12-10-16(34-22)14-17-23(31)28(3)25(33)29(4)24(17)32/h5-14H,1-4H3. The SMILES string of the molecule is CN1C(=O)C(=Cc2ccc(N3c4ccccc4C(C)(C)c4ccc(F)cc43)[se]2)C(=O)N(C)C1=S. The Balaban J connectivity index is 1.62. The Bertz CT molecular complexity index is 1380. The second-order valence-electron chi connectivity index (χ2n) is 8.88. The molecule has 8 heteroatoms. The quantitative estimate of drug-likeness (QED) is 0.207. The van der Waals surface area contributed by atoms with Crippen LogP contribution < -0.4 is 4.90 Å². The number of carbonyl (C=O) groups excluding carboxylic acids is 2. The molecule has 0 radical (unpaired) electrons. The van der Waals surface area contributed by atoms with E-state index in [0.29, 0.717) is 0 Å². The molecule has 1 saturated heterocycles. The number of likely N-dealkylation sites (N-methyl/N-ethyl adjacent to an activating group) is 2.